The van der Waals surface area contributed by atoms with Gasteiger partial charge in [-0.05, 0) is 37.5 Å². The molecule has 2 aliphatic rings. The van der Waals surface area contributed by atoms with Crippen molar-refractivity contribution in [3.05, 3.63) is 24.3 Å². The topological polar surface area (TPSA) is 104 Å². The standard InChI is InChI=1S/C19H25N3O5S2/c1-2-9-21(17-8-12-28(24,25)15-17)14-19(23)20-16-6-5-7-18(13-16)29(26,27)22-10-3-4-11-22/h1,5-7,13,17H,3-4,8-12,14-15H2,(H,20,23). The minimum atomic E-state index is -3.58. The Morgan fingerprint density at radius 2 is 2.03 bits per heavy atom. The van der Waals surface area contributed by atoms with E-state index in [2.05, 4.69) is 11.2 Å². The zero-order chi connectivity index (χ0) is 21.1. The van der Waals surface area contributed by atoms with Crippen LogP contribution in [0.5, 0.6) is 0 Å². The van der Waals surface area contributed by atoms with E-state index in [1.54, 1.807) is 17.0 Å². The third kappa shape index (κ3) is 5.36. The van der Waals surface area contributed by atoms with E-state index in [4.69, 9.17) is 6.42 Å². The van der Waals surface area contributed by atoms with Crippen LogP contribution < -0.4 is 5.32 Å². The Balaban J connectivity index is 1.68. The second kappa shape index (κ2) is 8.83. The summed E-state index contributed by atoms with van der Waals surface area (Å²) in [4.78, 5) is 14.3. The van der Waals surface area contributed by atoms with E-state index in [1.807, 2.05) is 0 Å². The molecule has 0 saturated carbocycles. The van der Waals surface area contributed by atoms with Gasteiger partial charge in [0.15, 0.2) is 9.84 Å². The van der Waals surface area contributed by atoms with Gasteiger partial charge in [-0.25, -0.2) is 16.8 Å². The number of carbonyl (C=O) groups excluding carboxylic acids is 1. The zero-order valence-electron chi connectivity index (χ0n) is 16.1. The van der Waals surface area contributed by atoms with Crippen molar-refractivity contribution in [1.82, 2.24) is 9.21 Å². The summed E-state index contributed by atoms with van der Waals surface area (Å²) in [6.45, 7) is 1.11. The predicted octanol–water partition coefficient (Wildman–Crippen LogP) is 0.532. The molecular weight excluding hydrogens is 414 g/mol. The molecule has 8 nitrogen and oxygen atoms in total. The van der Waals surface area contributed by atoms with Crippen LogP contribution in [0.2, 0.25) is 0 Å². The first-order valence-electron chi connectivity index (χ1n) is 9.49. The fourth-order valence-corrected chi connectivity index (χ4v) is 7.02. The minimum absolute atomic E-state index is 0.00841. The van der Waals surface area contributed by atoms with E-state index < -0.39 is 19.9 Å². The molecule has 2 fully saturated rings. The van der Waals surface area contributed by atoms with E-state index in [1.165, 1.54) is 16.4 Å². The van der Waals surface area contributed by atoms with Crippen molar-refractivity contribution in [2.24, 2.45) is 0 Å². The summed E-state index contributed by atoms with van der Waals surface area (Å²) in [6.07, 6.45) is 7.51. The summed E-state index contributed by atoms with van der Waals surface area (Å²) >= 11 is 0. The van der Waals surface area contributed by atoms with Crippen molar-refractivity contribution in [3.63, 3.8) is 0 Å². The molecule has 158 valence electrons. The van der Waals surface area contributed by atoms with Gasteiger partial charge in [0.2, 0.25) is 15.9 Å². The van der Waals surface area contributed by atoms with Crippen molar-refractivity contribution in [2.45, 2.75) is 30.2 Å². The van der Waals surface area contributed by atoms with Crippen molar-refractivity contribution in [1.29, 1.82) is 0 Å². The highest BCUT2D eigenvalue weighted by Gasteiger charge is 2.33. The molecule has 1 aromatic carbocycles. The molecule has 10 heteroatoms. The molecule has 2 saturated heterocycles. The van der Waals surface area contributed by atoms with E-state index in [0.29, 0.717) is 25.2 Å². The zero-order valence-corrected chi connectivity index (χ0v) is 17.7. The fourth-order valence-electron chi connectivity index (χ4n) is 3.69. The van der Waals surface area contributed by atoms with Crippen LogP contribution in [0.3, 0.4) is 0 Å². The lowest BCUT2D eigenvalue weighted by Crippen LogP contribution is -2.41. The van der Waals surface area contributed by atoms with Crippen LogP contribution >= 0.6 is 0 Å². The molecular formula is C19H25N3O5S2. The number of rotatable bonds is 7. The Morgan fingerprint density at radius 3 is 2.66 bits per heavy atom. The lowest BCUT2D eigenvalue weighted by Gasteiger charge is -2.25. The number of sulfone groups is 1. The maximum Gasteiger partial charge on any atom is 0.243 e. The summed E-state index contributed by atoms with van der Waals surface area (Å²) in [5, 5.41) is 2.70. The number of nitrogens with one attached hydrogen (secondary N) is 1. The first-order valence-corrected chi connectivity index (χ1v) is 12.8. The molecule has 1 atom stereocenters. The Morgan fingerprint density at radius 1 is 1.31 bits per heavy atom. The number of terminal acetylenes is 1. The Bertz CT molecular complexity index is 1010. The molecule has 2 aliphatic heterocycles. The quantitative estimate of drug-likeness (QED) is 0.622. The largest absolute Gasteiger partial charge is 0.325 e. The van der Waals surface area contributed by atoms with Crippen LogP contribution in [0.15, 0.2) is 29.2 Å². The summed E-state index contributed by atoms with van der Waals surface area (Å²) in [6, 6.07) is 5.87. The number of benzene rings is 1. The number of amides is 1. The van der Waals surface area contributed by atoms with Crippen LogP contribution in [0.4, 0.5) is 5.69 Å². The average Bonchev–Trinajstić information content (AvgIpc) is 3.31. The van der Waals surface area contributed by atoms with Crippen molar-refractivity contribution in [2.75, 3.05) is 43.0 Å². The molecule has 29 heavy (non-hydrogen) atoms. The number of hydrogen-bond donors (Lipinski definition) is 1. The smallest absolute Gasteiger partial charge is 0.243 e. The number of sulfonamides is 1. The molecule has 0 aromatic heterocycles. The molecule has 1 N–H and O–H groups in total. The first kappa shape index (κ1) is 21.8. The van der Waals surface area contributed by atoms with Gasteiger partial charge in [0.05, 0.1) is 29.5 Å². The first-order chi connectivity index (χ1) is 13.7. The monoisotopic (exact) mass is 439 g/mol. The molecule has 0 radical (unpaired) electrons. The minimum Gasteiger partial charge on any atom is -0.325 e. The number of carbonyl (C=O) groups is 1. The maximum atomic E-state index is 12.7. The highest BCUT2D eigenvalue weighted by atomic mass is 32.2. The highest BCUT2D eigenvalue weighted by Crippen LogP contribution is 2.23. The van der Waals surface area contributed by atoms with Gasteiger partial charge < -0.3 is 5.32 Å². The summed E-state index contributed by atoms with van der Waals surface area (Å²) < 4.78 is 50.3. The SMILES string of the molecule is C#CCN(CC(=O)Nc1cccc(S(=O)(=O)N2CCCC2)c1)C1CCS(=O)(=O)C1. The Kier molecular flexibility index (Phi) is 6.63. The number of hydrogen-bond acceptors (Lipinski definition) is 6. The highest BCUT2D eigenvalue weighted by molar-refractivity contribution is 7.91. The van der Waals surface area contributed by atoms with E-state index in [-0.39, 0.29) is 41.4 Å². The Labute approximate surface area is 172 Å². The van der Waals surface area contributed by atoms with Crippen molar-refractivity contribution < 1.29 is 21.6 Å². The number of nitrogens with zero attached hydrogens (tertiary/aromatic N) is 2. The van der Waals surface area contributed by atoms with Gasteiger partial charge in [-0.2, -0.15) is 4.31 Å². The number of anilines is 1. The molecule has 1 unspecified atom stereocenters. The van der Waals surface area contributed by atoms with Crippen LogP contribution in [0, 0.1) is 12.3 Å². The van der Waals surface area contributed by atoms with Gasteiger partial charge >= 0.3 is 0 Å². The summed E-state index contributed by atoms with van der Waals surface area (Å²) in [5.74, 6) is 2.18. The van der Waals surface area contributed by atoms with Crippen LogP contribution in [0.1, 0.15) is 19.3 Å². The van der Waals surface area contributed by atoms with Gasteiger partial charge in [-0.3, -0.25) is 9.69 Å². The van der Waals surface area contributed by atoms with Gasteiger partial charge in [-0.1, -0.05) is 12.0 Å². The molecule has 0 bridgehead atoms. The summed E-state index contributed by atoms with van der Waals surface area (Å²) in [5.41, 5.74) is 0.370. The lowest BCUT2D eigenvalue weighted by atomic mass is 10.2. The molecule has 0 aliphatic carbocycles. The Hall–Kier alpha value is -1.93. The van der Waals surface area contributed by atoms with Crippen molar-refractivity contribution >= 4 is 31.5 Å². The van der Waals surface area contributed by atoms with Crippen molar-refractivity contribution in [3.8, 4) is 12.3 Å². The second-order valence-corrected chi connectivity index (χ2v) is 11.5. The summed E-state index contributed by atoms with van der Waals surface area (Å²) in [7, 11) is -6.67. The van der Waals surface area contributed by atoms with Gasteiger partial charge in [0, 0.05) is 24.8 Å². The third-order valence-corrected chi connectivity index (χ3v) is 8.83. The fraction of sp³-hybridized carbons (Fsp3) is 0.526. The third-order valence-electron chi connectivity index (χ3n) is 5.19. The molecule has 3 rings (SSSR count). The van der Waals surface area contributed by atoms with Crippen LogP contribution in [-0.4, -0.2) is 75.7 Å². The average molecular weight is 440 g/mol. The van der Waals surface area contributed by atoms with Crippen LogP contribution in [0.25, 0.3) is 0 Å². The van der Waals surface area contributed by atoms with Gasteiger partial charge in [0.1, 0.15) is 0 Å². The van der Waals surface area contributed by atoms with Gasteiger partial charge in [-0.15, -0.1) is 6.42 Å². The predicted molar refractivity (Wildman–Crippen MR) is 111 cm³/mol. The van der Waals surface area contributed by atoms with Crippen LogP contribution in [-0.2, 0) is 24.7 Å². The van der Waals surface area contributed by atoms with E-state index >= 15 is 0 Å². The molecule has 0 spiro atoms. The van der Waals surface area contributed by atoms with Gasteiger partial charge in [0.25, 0.3) is 0 Å². The second-order valence-electron chi connectivity index (χ2n) is 7.35. The molecule has 1 amide bonds. The maximum absolute atomic E-state index is 12.7. The van der Waals surface area contributed by atoms with E-state index in [9.17, 15) is 21.6 Å². The normalized spacial score (nSPS) is 21.9. The molecule has 1 aromatic rings. The lowest BCUT2D eigenvalue weighted by molar-refractivity contribution is -0.117. The molecule has 2 heterocycles. The van der Waals surface area contributed by atoms with E-state index in [0.717, 1.165) is 12.8 Å².